The summed E-state index contributed by atoms with van der Waals surface area (Å²) in [7, 11) is 0. The van der Waals surface area contributed by atoms with Gasteiger partial charge in [0, 0.05) is 63.3 Å². The second-order valence-corrected chi connectivity index (χ2v) is 12.6. The van der Waals surface area contributed by atoms with Crippen molar-refractivity contribution in [1.29, 1.82) is 0 Å². The average Bonchev–Trinajstić information content (AvgIpc) is 3.21. The molecule has 0 N–H and O–H groups in total. The fourth-order valence-corrected chi connectivity index (χ4v) is 6.51. The first kappa shape index (κ1) is 32.2. The van der Waals surface area contributed by atoms with Gasteiger partial charge in [0.05, 0.1) is 23.8 Å². The van der Waals surface area contributed by atoms with Crippen LogP contribution in [0.25, 0.3) is 11.1 Å². The molecular weight excluding hydrogens is 635 g/mol. The lowest BCUT2D eigenvalue weighted by atomic mass is 10.1. The van der Waals surface area contributed by atoms with Crippen molar-refractivity contribution < 1.29 is 0 Å². The Morgan fingerprint density at radius 2 is 0.558 bits per heavy atom. The summed E-state index contributed by atoms with van der Waals surface area (Å²) in [5, 5.41) is 0. The van der Waals surface area contributed by atoms with E-state index >= 15 is 0 Å². The molecule has 6 aromatic carbocycles. The van der Waals surface area contributed by atoms with Gasteiger partial charge in [0.1, 0.15) is 0 Å². The average molecular weight is 672 g/mol. The van der Waals surface area contributed by atoms with Gasteiger partial charge in [0.15, 0.2) is 0 Å². The molecule has 2 aromatic heterocycles. The number of benzene rings is 6. The summed E-state index contributed by atoms with van der Waals surface area (Å²) < 4.78 is 0. The zero-order valence-electron chi connectivity index (χ0n) is 28.9. The van der Waals surface area contributed by atoms with Crippen LogP contribution >= 0.6 is 0 Å². The molecule has 0 amide bonds. The van der Waals surface area contributed by atoms with Gasteiger partial charge in [0.25, 0.3) is 0 Å². The third-order valence-corrected chi connectivity index (χ3v) is 9.01. The molecule has 2 heterocycles. The molecule has 0 radical (unpaired) electrons. The highest BCUT2D eigenvalue weighted by molar-refractivity contribution is 5.84. The molecule has 0 bridgehead atoms. The largest absolute Gasteiger partial charge is 0.311 e. The van der Waals surface area contributed by atoms with Crippen molar-refractivity contribution in [3.8, 4) is 11.1 Å². The molecule has 0 fully saturated rings. The lowest BCUT2D eigenvalue weighted by Crippen LogP contribution is -2.12. The summed E-state index contributed by atoms with van der Waals surface area (Å²) in [6.07, 6.45) is 7.66. The Morgan fingerprint density at radius 1 is 0.288 bits per heavy atom. The zero-order chi connectivity index (χ0) is 35.1. The molecule has 0 atom stereocenters. The first-order valence-corrected chi connectivity index (χ1v) is 17.4. The van der Waals surface area contributed by atoms with Crippen molar-refractivity contribution >= 4 is 51.2 Å². The maximum absolute atomic E-state index is 4.77. The number of nitrogens with zero attached hydrogens (tertiary/aromatic N) is 5. The van der Waals surface area contributed by atoms with Crippen molar-refractivity contribution in [1.82, 2.24) is 9.97 Å². The molecule has 5 nitrogen and oxygen atoms in total. The highest BCUT2D eigenvalue weighted by Gasteiger charge is 2.18. The number of hydrogen-bond donors (Lipinski definition) is 0. The normalized spacial score (nSPS) is 10.8. The van der Waals surface area contributed by atoms with Crippen LogP contribution in [0.3, 0.4) is 0 Å². The summed E-state index contributed by atoms with van der Waals surface area (Å²) in [5.74, 6) is 0. The molecule has 0 aliphatic rings. The monoisotopic (exact) mass is 671 g/mol. The van der Waals surface area contributed by atoms with Crippen molar-refractivity contribution in [2.75, 3.05) is 14.7 Å². The van der Waals surface area contributed by atoms with E-state index in [9.17, 15) is 0 Å². The Balaban J connectivity index is 1.17. The molecule has 0 saturated heterocycles. The molecule has 8 rings (SSSR count). The van der Waals surface area contributed by atoms with E-state index in [-0.39, 0.29) is 0 Å². The quantitative estimate of drug-likeness (QED) is 0.145. The number of para-hydroxylation sites is 4. The van der Waals surface area contributed by atoms with Crippen molar-refractivity contribution in [3.05, 3.63) is 212 Å². The lowest BCUT2D eigenvalue weighted by molar-refractivity contribution is 1.21. The summed E-state index contributed by atoms with van der Waals surface area (Å²) >= 11 is 0. The smallest absolute Gasteiger partial charge is 0.0651 e. The van der Waals surface area contributed by atoms with E-state index < -0.39 is 0 Å². The molecule has 8 aromatic rings. The molecule has 52 heavy (non-hydrogen) atoms. The SMILES string of the molecule is Cc1ccc(N(c2ccccc2)c2cncc(-c3cncc(N(c4ccccc4)c4ccc(N(c5ccccc5)c5ccccc5)cc4)c3)c2)cc1. The minimum Gasteiger partial charge on any atom is -0.311 e. The molecule has 0 aliphatic heterocycles. The number of pyridine rings is 2. The van der Waals surface area contributed by atoms with Crippen LogP contribution in [0.2, 0.25) is 0 Å². The van der Waals surface area contributed by atoms with Gasteiger partial charge in [-0.25, -0.2) is 0 Å². The number of aryl methyl sites for hydroxylation is 1. The minimum absolute atomic E-state index is 0.947. The van der Waals surface area contributed by atoms with Crippen LogP contribution in [-0.2, 0) is 0 Å². The Hall–Kier alpha value is -6.98. The van der Waals surface area contributed by atoms with Gasteiger partial charge in [-0.05, 0) is 104 Å². The zero-order valence-corrected chi connectivity index (χ0v) is 28.9. The Kier molecular flexibility index (Phi) is 9.22. The maximum Gasteiger partial charge on any atom is 0.0651 e. The molecule has 5 heteroatoms. The predicted octanol–water partition coefficient (Wildman–Crippen LogP) is 12.9. The first-order valence-electron chi connectivity index (χ1n) is 17.4. The van der Waals surface area contributed by atoms with Gasteiger partial charge in [-0.2, -0.15) is 0 Å². The van der Waals surface area contributed by atoms with E-state index in [0.29, 0.717) is 0 Å². The summed E-state index contributed by atoms with van der Waals surface area (Å²) in [4.78, 5) is 16.2. The Morgan fingerprint density at radius 3 is 0.885 bits per heavy atom. The summed E-state index contributed by atoms with van der Waals surface area (Å²) in [6.45, 7) is 2.11. The summed E-state index contributed by atoms with van der Waals surface area (Å²) in [5.41, 5.74) is 12.5. The van der Waals surface area contributed by atoms with Gasteiger partial charge in [-0.3, -0.25) is 9.97 Å². The van der Waals surface area contributed by atoms with E-state index in [1.165, 1.54) is 5.56 Å². The van der Waals surface area contributed by atoms with Gasteiger partial charge in [-0.1, -0.05) is 90.5 Å². The maximum atomic E-state index is 4.77. The van der Waals surface area contributed by atoms with Gasteiger partial charge >= 0.3 is 0 Å². The van der Waals surface area contributed by atoms with Crippen LogP contribution in [0, 0.1) is 6.92 Å². The van der Waals surface area contributed by atoms with Crippen molar-refractivity contribution in [3.63, 3.8) is 0 Å². The third-order valence-electron chi connectivity index (χ3n) is 9.01. The summed E-state index contributed by atoms with van der Waals surface area (Å²) in [6, 6.07) is 63.4. The molecule has 0 aliphatic carbocycles. The minimum atomic E-state index is 0.947. The Bertz CT molecular complexity index is 2310. The third kappa shape index (κ3) is 6.89. The highest BCUT2D eigenvalue weighted by Crippen LogP contribution is 2.40. The fourth-order valence-electron chi connectivity index (χ4n) is 6.51. The van der Waals surface area contributed by atoms with Gasteiger partial charge in [0.2, 0.25) is 0 Å². The van der Waals surface area contributed by atoms with Crippen molar-refractivity contribution in [2.24, 2.45) is 0 Å². The fraction of sp³-hybridized carbons (Fsp3) is 0.0213. The number of anilines is 9. The van der Waals surface area contributed by atoms with E-state index in [2.05, 4.69) is 179 Å². The van der Waals surface area contributed by atoms with Crippen LogP contribution in [0.5, 0.6) is 0 Å². The van der Waals surface area contributed by atoms with E-state index in [1.807, 2.05) is 49.1 Å². The lowest BCUT2D eigenvalue weighted by Gasteiger charge is -2.28. The second-order valence-electron chi connectivity index (χ2n) is 12.6. The number of hydrogen-bond acceptors (Lipinski definition) is 5. The molecule has 0 spiro atoms. The molecular formula is C47H37N5. The van der Waals surface area contributed by atoms with Crippen LogP contribution in [0.15, 0.2) is 207 Å². The van der Waals surface area contributed by atoms with Crippen LogP contribution in [0.4, 0.5) is 51.2 Å². The van der Waals surface area contributed by atoms with E-state index in [0.717, 1.165) is 62.3 Å². The van der Waals surface area contributed by atoms with Gasteiger partial charge in [-0.15, -0.1) is 0 Å². The highest BCUT2D eigenvalue weighted by atomic mass is 15.2. The van der Waals surface area contributed by atoms with Gasteiger partial charge < -0.3 is 14.7 Å². The van der Waals surface area contributed by atoms with Crippen LogP contribution in [-0.4, -0.2) is 9.97 Å². The van der Waals surface area contributed by atoms with Crippen LogP contribution in [0.1, 0.15) is 5.56 Å². The van der Waals surface area contributed by atoms with E-state index in [4.69, 9.17) is 9.97 Å². The predicted molar refractivity (Wildman–Crippen MR) is 216 cm³/mol. The standard InChI is InChI=1S/C47H37N5/c1-36-22-24-43(25-23-36)51(41-18-10-4-11-19-41)46-30-37(32-48-34-46)38-31-47(35-49-33-38)52(42-20-12-5-13-21-42)45-28-26-44(27-29-45)50(39-14-6-2-7-15-39)40-16-8-3-9-17-40/h2-35H,1H3. The van der Waals surface area contributed by atoms with Crippen molar-refractivity contribution in [2.45, 2.75) is 6.92 Å². The van der Waals surface area contributed by atoms with E-state index in [1.54, 1.807) is 0 Å². The number of aromatic nitrogens is 2. The molecule has 0 unspecified atom stereocenters. The Labute approximate surface area is 305 Å². The second kappa shape index (κ2) is 14.9. The first-order chi connectivity index (χ1) is 25.7. The topological polar surface area (TPSA) is 35.5 Å². The number of rotatable bonds is 10. The molecule has 0 saturated carbocycles. The molecule has 250 valence electrons. The van der Waals surface area contributed by atoms with Crippen LogP contribution < -0.4 is 14.7 Å².